The van der Waals surface area contributed by atoms with E-state index in [2.05, 4.69) is 23.5 Å². The fourth-order valence-corrected chi connectivity index (χ4v) is 3.50. The van der Waals surface area contributed by atoms with Crippen LogP contribution in [0.25, 0.3) is 11.0 Å². The van der Waals surface area contributed by atoms with E-state index in [4.69, 9.17) is 4.42 Å². The van der Waals surface area contributed by atoms with E-state index in [0.29, 0.717) is 6.42 Å². The molecule has 1 aliphatic rings. The highest BCUT2D eigenvalue weighted by Gasteiger charge is 2.16. The topological polar surface area (TPSA) is 42.2 Å². The van der Waals surface area contributed by atoms with Crippen LogP contribution in [0.15, 0.2) is 52.9 Å². The van der Waals surface area contributed by atoms with Crippen LogP contribution in [0.4, 0.5) is 0 Å². The lowest BCUT2D eigenvalue weighted by Crippen LogP contribution is -2.27. The summed E-state index contributed by atoms with van der Waals surface area (Å²) in [5.74, 6) is 0.819. The molecule has 1 heterocycles. The number of aryl methyl sites for hydroxylation is 2. The first-order chi connectivity index (χ1) is 11.7. The second-order valence-corrected chi connectivity index (χ2v) is 6.61. The number of fused-ring (bicyclic) bond motifs is 2. The van der Waals surface area contributed by atoms with Gasteiger partial charge in [0.1, 0.15) is 11.3 Å². The van der Waals surface area contributed by atoms with E-state index in [1.807, 2.05) is 37.3 Å². The summed E-state index contributed by atoms with van der Waals surface area (Å²) in [4.78, 5) is 12.4. The molecule has 2 aromatic carbocycles. The number of carbonyl (C=O) groups is 1. The first-order valence-electron chi connectivity index (χ1n) is 8.57. The van der Waals surface area contributed by atoms with Crippen LogP contribution in [0.3, 0.4) is 0 Å². The molecule has 0 bridgehead atoms. The van der Waals surface area contributed by atoms with Crippen molar-refractivity contribution in [2.75, 3.05) is 0 Å². The van der Waals surface area contributed by atoms with E-state index >= 15 is 0 Å². The molecule has 3 aromatic rings. The van der Waals surface area contributed by atoms with Gasteiger partial charge < -0.3 is 9.73 Å². The molecule has 3 nitrogen and oxygen atoms in total. The number of carbonyl (C=O) groups excluding carboxylic acids is 1. The fraction of sp³-hybridized carbons (Fsp3) is 0.286. The third-order valence-electron chi connectivity index (χ3n) is 4.78. The molecule has 0 spiro atoms. The molecule has 0 saturated heterocycles. The van der Waals surface area contributed by atoms with Crippen LogP contribution in [0.1, 0.15) is 41.8 Å². The summed E-state index contributed by atoms with van der Waals surface area (Å²) in [6.07, 6.45) is 3.96. The Bertz CT molecular complexity index is 861. The van der Waals surface area contributed by atoms with Gasteiger partial charge in [0.05, 0.1) is 12.5 Å². The Kier molecular flexibility index (Phi) is 3.85. The molecule has 3 heteroatoms. The van der Waals surface area contributed by atoms with E-state index < -0.39 is 0 Å². The molecule has 4 rings (SSSR count). The molecule has 1 atom stereocenters. The minimum Gasteiger partial charge on any atom is -0.459 e. The van der Waals surface area contributed by atoms with Crippen molar-refractivity contribution in [3.8, 4) is 0 Å². The van der Waals surface area contributed by atoms with E-state index in [9.17, 15) is 4.79 Å². The molecule has 0 saturated carbocycles. The lowest BCUT2D eigenvalue weighted by Gasteiger charge is -2.12. The average Bonchev–Trinajstić information content (AvgIpc) is 3.20. The Morgan fingerprint density at radius 3 is 2.83 bits per heavy atom. The Balaban J connectivity index is 1.43. The Hall–Kier alpha value is -2.55. The highest BCUT2D eigenvalue weighted by Crippen LogP contribution is 2.25. The molecule has 1 amide bonds. The van der Waals surface area contributed by atoms with Crippen LogP contribution < -0.4 is 5.32 Å². The third kappa shape index (κ3) is 2.94. The number of benzene rings is 2. The van der Waals surface area contributed by atoms with Crippen molar-refractivity contribution in [3.63, 3.8) is 0 Å². The molecule has 24 heavy (non-hydrogen) atoms. The van der Waals surface area contributed by atoms with Crippen molar-refractivity contribution in [1.82, 2.24) is 5.32 Å². The van der Waals surface area contributed by atoms with E-state index in [-0.39, 0.29) is 11.9 Å². The van der Waals surface area contributed by atoms with Gasteiger partial charge in [-0.1, -0.05) is 36.4 Å². The zero-order valence-electron chi connectivity index (χ0n) is 13.8. The van der Waals surface area contributed by atoms with Gasteiger partial charge in [-0.3, -0.25) is 4.79 Å². The highest BCUT2D eigenvalue weighted by molar-refractivity contribution is 5.80. The number of amides is 1. The van der Waals surface area contributed by atoms with Crippen molar-refractivity contribution in [2.24, 2.45) is 0 Å². The molecule has 0 radical (unpaired) electrons. The Labute approximate surface area is 141 Å². The molecule has 1 aliphatic carbocycles. The van der Waals surface area contributed by atoms with Gasteiger partial charge in [-0.15, -0.1) is 0 Å². The molecule has 0 aliphatic heterocycles. The number of hydrogen-bond acceptors (Lipinski definition) is 2. The van der Waals surface area contributed by atoms with Gasteiger partial charge in [0.15, 0.2) is 0 Å². The second-order valence-electron chi connectivity index (χ2n) is 6.61. The predicted octanol–water partition coefficient (Wildman–Crippen LogP) is 4.34. The predicted molar refractivity (Wildman–Crippen MR) is 94.9 cm³/mol. The summed E-state index contributed by atoms with van der Waals surface area (Å²) in [7, 11) is 0. The van der Waals surface area contributed by atoms with Crippen molar-refractivity contribution >= 4 is 16.9 Å². The number of para-hydroxylation sites is 1. The zero-order valence-corrected chi connectivity index (χ0v) is 13.8. The SMILES string of the molecule is C[C@@H](NC(=O)Cc1ccc2c(c1)CCC2)c1cc2ccccc2o1. The normalized spacial score (nSPS) is 14.5. The van der Waals surface area contributed by atoms with Gasteiger partial charge in [-0.25, -0.2) is 0 Å². The van der Waals surface area contributed by atoms with Crippen LogP contribution in [-0.2, 0) is 24.1 Å². The Morgan fingerprint density at radius 2 is 1.96 bits per heavy atom. The smallest absolute Gasteiger partial charge is 0.224 e. The number of rotatable bonds is 4. The first-order valence-corrected chi connectivity index (χ1v) is 8.57. The van der Waals surface area contributed by atoms with Crippen LogP contribution in [0.2, 0.25) is 0 Å². The standard InChI is InChI=1S/C21H21NO2/c1-14(20-13-18-5-2-3-8-19(18)24-20)22-21(23)12-15-9-10-16-6-4-7-17(16)11-15/h2-3,5,8-11,13-14H,4,6-7,12H2,1H3,(H,22,23)/t14-/m1/s1. The quantitative estimate of drug-likeness (QED) is 0.777. The van der Waals surface area contributed by atoms with Crippen molar-refractivity contribution < 1.29 is 9.21 Å². The molecule has 0 unspecified atom stereocenters. The van der Waals surface area contributed by atoms with Gasteiger partial charge in [0.2, 0.25) is 5.91 Å². The number of nitrogens with one attached hydrogen (secondary N) is 1. The van der Waals surface area contributed by atoms with Gasteiger partial charge in [-0.05, 0) is 55.0 Å². The maximum absolute atomic E-state index is 12.4. The minimum absolute atomic E-state index is 0.0286. The summed E-state index contributed by atoms with van der Waals surface area (Å²) in [6.45, 7) is 1.96. The molecule has 0 fully saturated rings. The van der Waals surface area contributed by atoms with Gasteiger partial charge in [-0.2, -0.15) is 0 Å². The molecule has 122 valence electrons. The largest absolute Gasteiger partial charge is 0.459 e. The first kappa shape index (κ1) is 15.0. The van der Waals surface area contributed by atoms with Crippen LogP contribution in [-0.4, -0.2) is 5.91 Å². The van der Waals surface area contributed by atoms with Crippen LogP contribution >= 0.6 is 0 Å². The van der Waals surface area contributed by atoms with E-state index in [0.717, 1.165) is 28.7 Å². The monoisotopic (exact) mass is 319 g/mol. The van der Waals surface area contributed by atoms with Crippen LogP contribution in [0.5, 0.6) is 0 Å². The lowest BCUT2D eigenvalue weighted by molar-refractivity contribution is -0.121. The molecular weight excluding hydrogens is 298 g/mol. The number of hydrogen-bond donors (Lipinski definition) is 1. The van der Waals surface area contributed by atoms with E-state index in [1.165, 1.54) is 24.0 Å². The van der Waals surface area contributed by atoms with Crippen molar-refractivity contribution in [3.05, 3.63) is 71.0 Å². The number of furan rings is 1. The zero-order chi connectivity index (χ0) is 16.5. The molecule has 1 aromatic heterocycles. The maximum atomic E-state index is 12.4. The summed E-state index contributed by atoms with van der Waals surface area (Å²) in [5, 5.41) is 4.10. The summed E-state index contributed by atoms with van der Waals surface area (Å²) in [6, 6.07) is 16.2. The maximum Gasteiger partial charge on any atom is 0.224 e. The lowest BCUT2D eigenvalue weighted by atomic mass is 10.0. The minimum atomic E-state index is -0.140. The fourth-order valence-electron chi connectivity index (χ4n) is 3.50. The van der Waals surface area contributed by atoms with Gasteiger partial charge in [0.25, 0.3) is 0 Å². The van der Waals surface area contributed by atoms with Crippen molar-refractivity contribution in [2.45, 2.75) is 38.6 Å². The summed E-state index contributed by atoms with van der Waals surface area (Å²) < 4.78 is 5.83. The Morgan fingerprint density at radius 1 is 1.12 bits per heavy atom. The third-order valence-corrected chi connectivity index (χ3v) is 4.78. The van der Waals surface area contributed by atoms with Crippen molar-refractivity contribution in [1.29, 1.82) is 0 Å². The summed E-state index contributed by atoms with van der Waals surface area (Å²) in [5.41, 5.74) is 4.79. The van der Waals surface area contributed by atoms with Gasteiger partial charge >= 0.3 is 0 Å². The average molecular weight is 319 g/mol. The van der Waals surface area contributed by atoms with Gasteiger partial charge in [0, 0.05) is 5.39 Å². The second kappa shape index (κ2) is 6.16. The molecule has 1 N–H and O–H groups in total. The van der Waals surface area contributed by atoms with E-state index in [1.54, 1.807) is 0 Å². The highest BCUT2D eigenvalue weighted by atomic mass is 16.3. The molecular formula is C21H21NO2. The van der Waals surface area contributed by atoms with Crippen LogP contribution in [0, 0.1) is 0 Å². The summed E-state index contributed by atoms with van der Waals surface area (Å²) >= 11 is 0.